The fraction of sp³-hybridized carbons (Fsp3) is 0.211. The predicted molar refractivity (Wildman–Crippen MR) is 92.2 cm³/mol. The van der Waals surface area contributed by atoms with Gasteiger partial charge in [0, 0.05) is 33.7 Å². The average Bonchev–Trinajstić information content (AvgIpc) is 3.11. The molecule has 4 aromatic rings. The van der Waals surface area contributed by atoms with Gasteiger partial charge in [-0.15, -0.1) is 0 Å². The molecule has 0 bridgehead atoms. The van der Waals surface area contributed by atoms with Crippen LogP contribution in [0.25, 0.3) is 33.2 Å². The van der Waals surface area contributed by atoms with Crippen molar-refractivity contribution in [2.24, 2.45) is 0 Å². The highest BCUT2D eigenvalue weighted by Crippen LogP contribution is 2.31. The minimum Gasteiger partial charge on any atom is -0.358 e. The first-order chi connectivity index (χ1) is 10.6. The Bertz CT molecular complexity index is 973. The van der Waals surface area contributed by atoms with Gasteiger partial charge in [0.25, 0.3) is 0 Å². The maximum absolute atomic E-state index is 4.80. The molecule has 0 aliphatic carbocycles. The zero-order chi connectivity index (χ0) is 15.3. The van der Waals surface area contributed by atoms with Crippen LogP contribution in [-0.2, 0) is 0 Å². The molecular weight excluding hydrogens is 270 g/mol. The molecule has 4 rings (SSSR count). The maximum atomic E-state index is 4.80. The minimum absolute atomic E-state index is 0.488. The van der Waals surface area contributed by atoms with Crippen LogP contribution in [0.3, 0.4) is 0 Å². The number of nitrogens with zero attached hydrogens (tertiary/aromatic N) is 1. The molecule has 0 saturated carbocycles. The molecule has 2 N–H and O–H groups in total. The Morgan fingerprint density at radius 3 is 2.73 bits per heavy atom. The van der Waals surface area contributed by atoms with E-state index >= 15 is 0 Å². The monoisotopic (exact) mass is 289 g/mol. The standard InChI is InChI=1S/C19H19N3/c1-11(2)18-9-15-14(5-4-6-16(15)21-18)17-8-7-13-12(3)10-20-19(13)22-17/h4-11,21H,1-3H3,(H,20,22). The molecule has 3 aromatic heterocycles. The van der Waals surface area contributed by atoms with Gasteiger partial charge in [0.2, 0.25) is 0 Å². The molecule has 0 unspecified atom stereocenters. The van der Waals surface area contributed by atoms with Gasteiger partial charge < -0.3 is 9.97 Å². The van der Waals surface area contributed by atoms with E-state index in [1.165, 1.54) is 33.1 Å². The Morgan fingerprint density at radius 1 is 1.05 bits per heavy atom. The van der Waals surface area contributed by atoms with E-state index in [0.29, 0.717) is 5.92 Å². The van der Waals surface area contributed by atoms with Gasteiger partial charge in [0.05, 0.1) is 5.69 Å². The molecule has 0 spiro atoms. The zero-order valence-corrected chi connectivity index (χ0v) is 13.1. The summed E-state index contributed by atoms with van der Waals surface area (Å²) in [5.74, 6) is 0.488. The molecule has 0 amide bonds. The van der Waals surface area contributed by atoms with Crippen molar-refractivity contribution in [3.63, 3.8) is 0 Å². The van der Waals surface area contributed by atoms with Crippen LogP contribution in [-0.4, -0.2) is 15.0 Å². The third-order valence-electron chi connectivity index (χ3n) is 4.33. The third-order valence-corrected chi connectivity index (χ3v) is 4.33. The predicted octanol–water partition coefficient (Wildman–Crippen LogP) is 5.14. The number of benzene rings is 1. The van der Waals surface area contributed by atoms with Crippen molar-refractivity contribution in [3.05, 3.63) is 53.9 Å². The minimum atomic E-state index is 0.488. The van der Waals surface area contributed by atoms with Crippen LogP contribution in [0.15, 0.2) is 42.6 Å². The summed E-state index contributed by atoms with van der Waals surface area (Å²) in [5, 5.41) is 2.43. The maximum Gasteiger partial charge on any atom is 0.138 e. The zero-order valence-electron chi connectivity index (χ0n) is 13.1. The number of nitrogens with one attached hydrogen (secondary N) is 2. The van der Waals surface area contributed by atoms with Gasteiger partial charge in [-0.1, -0.05) is 26.0 Å². The van der Waals surface area contributed by atoms with E-state index in [4.69, 9.17) is 4.98 Å². The van der Waals surface area contributed by atoms with Crippen LogP contribution in [0.5, 0.6) is 0 Å². The number of hydrogen-bond donors (Lipinski definition) is 2. The highest BCUT2D eigenvalue weighted by Gasteiger charge is 2.11. The number of aromatic amines is 2. The Balaban J connectivity index is 1.94. The molecule has 110 valence electrons. The first kappa shape index (κ1) is 13.1. The second kappa shape index (κ2) is 4.73. The molecule has 22 heavy (non-hydrogen) atoms. The van der Waals surface area contributed by atoms with Gasteiger partial charge in [-0.2, -0.15) is 0 Å². The van der Waals surface area contributed by atoms with E-state index in [1.807, 2.05) is 6.20 Å². The summed E-state index contributed by atoms with van der Waals surface area (Å²) >= 11 is 0. The lowest BCUT2D eigenvalue weighted by Gasteiger charge is -2.03. The molecule has 1 aromatic carbocycles. The van der Waals surface area contributed by atoms with Crippen LogP contribution in [0.2, 0.25) is 0 Å². The molecule has 0 saturated heterocycles. The van der Waals surface area contributed by atoms with Crippen molar-refractivity contribution in [3.8, 4) is 11.3 Å². The van der Waals surface area contributed by atoms with Gasteiger partial charge in [-0.25, -0.2) is 4.98 Å². The fourth-order valence-electron chi connectivity index (χ4n) is 3.00. The Morgan fingerprint density at radius 2 is 1.91 bits per heavy atom. The number of rotatable bonds is 2. The molecular formula is C19H19N3. The van der Waals surface area contributed by atoms with Gasteiger partial charge in [-0.3, -0.25) is 0 Å². The van der Waals surface area contributed by atoms with E-state index in [-0.39, 0.29) is 0 Å². The second-order valence-corrected chi connectivity index (χ2v) is 6.21. The van der Waals surface area contributed by atoms with Crippen molar-refractivity contribution in [1.82, 2.24) is 15.0 Å². The topological polar surface area (TPSA) is 44.5 Å². The lowest BCUT2D eigenvalue weighted by Crippen LogP contribution is -1.85. The SMILES string of the molecule is Cc1c[nH]c2nc(-c3cccc4[nH]c(C(C)C)cc34)ccc12. The smallest absolute Gasteiger partial charge is 0.138 e. The Hall–Kier alpha value is -2.55. The Labute approximate surface area is 129 Å². The quantitative estimate of drug-likeness (QED) is 0.527. The van der Waals surface area contributed by atoms with Crippen LogP contribution < -0.4 is 0 Å². The van der Waals surface area contributed by atoms with Crippen LogP contribution in [0.4, 0.5) is 0 Å². The summed E-state index contributed by atoms with van der Waals surface area (Å²) in [6.07, 6.45) is 2.01. The van der Waals surface area contributed by atoms with Crippen molar-refractivity contribution < 1.29 is 0 Å². The normalized spacial score (nSPS) is 11.8. The highest BCUT2D eigenvalue weighted by molar-refractivity contribution is 5.96. The number of fused-ring (bicyclic) bond motifs is 2. The van der Waals surface area contributed by atoms with Gasteiger partial charge >= 0.3 is 0 Å². The lowest BCUT2D eigenvalue weighted by molar-refractivity contribution is 0.836. The summed E-state index contributed by atoms with van der Waals surface area (Å²) in [6, 6.07) is 12.9. The highest BCUT2D eigenvalue weighted by atomic mass is 14.9. The molecule has 0 aliphatic rings. The van der Waals surface area contributed by atoms with Crippen molar-refractivity contribution in [2.45, 2.75) is 26.7 Å². The fourth-order valence-corrected chi connectivity index (χ4v) is 3.00. The molecule has 0 fully saturated rings. The van der Waals surface area contributed by atoms with E-state index in [0.717, 1.165) is 11.3 Å². The summed E-state index contributed by atoms with van der Waals surface area (Å²) in [6.45, 7) is 6.51. The largest absolute Gasteiger partial charge is 0.358 e. The molecule has 0 aliphatic heterocycles. The average molecular weight is 289 g/mol. The summed E-state index contributed by atoms with van der Waals surface area (Å²) in [5.41, 5.74) is 6.80. The first-order valence-electron chi connectivity index (χ1n) is 7.70. The molecule has 3 nitrogen and oxygen atoms in total. The third kappa shape index (κ3) is 1.93. The summed E-state index contributed by atoms with van der Waals surface area (Å²) in [7, 11) is 0. The number of aryl methyl sites for hydroxylation is 1. The van der Waals surface area contributed by atoms with Gasteiger partial charge in [0.15, 0.2) is 0 Å². The second-order valence-electron chi connectivity index (χ2n) is 6.21. The van der Waals surface area contributed by atoms with E-state index in [1.54, 1.807) is 0 Å². The van der Waals surface area contributed by atoms with Crippen molar-refractivity contribution in [1.29, 1.82) is 0 Å². The van der Waals surface area contributed by atoms with Crippen LogP contribution in [0.1, 0.15) is 31.0 Å². The van der Waals surface area contributed by atoms with E-state index < -0.39 is 0 Å². The summed E-state index contributed by atoms with van der Waals surface area (Å²) in [4.78, 5) is 11.6. The molecule has 3 heteroatoms. The van der Waals surface area contributed by atoms with Crippen LogP contribution >= 0.6 is 0 Å². The molecule has 0 atom stereocenters. The van der Waals surface area contributed by atoms with Crippen molar-refractivity contribution in [2.75, 3.05) is 0 Å². The Kier molecular flexibility index (Phi) is 2.83. The molecule has 0 radical (unpaired) electrons. The number of H-pyrrole nitrogens is 2. The van der Waals surface area contributed by atoms with E-state index in [9.17, 15) is 0 Å². The van der Waals surface area contributed by atoms with Crippen molar-refractivity contribution >= 4 is 21.9 Å². The number of aromatic nitrogens is 3. The molecule has 3 heterocycles. The number of pyridine rings is 1. The van der Waals surface area contributed by atoms with Crippen LogP contribution in [0, 0.1) is 6.92 Å². The van der Waals surface area contributed by atoms with Gasteiger partial charge in [-0.05, 0) is 42.7 Å². The summed E-state index contributed by atoms with van der Waals surface area (Å²) < 4.78 is 0. The number of hydrogen-bond acceptors (Lipinski definition) is 1. The van der Waals surface area contributed by atoms with Gasteiger partial charge in [0.1, 0.15) is 5.65 Å². The lowest BCUT2D eigenvalue weighted by atomic mass is 10.0. The van der Waals surface area contributed by atoms with E-state index in [2.05, 4.69) is 67.1 Å². The first-order valence-corrected chi connectivity index (χ1v) is 7.70.